The lowest BCUT2D eigenvalue weighted by Gasteiger charge is -2.23. The van der Waals surface area contributed by atoms with Crippen LogP contribution in [0.5, 0.6) is 0 Å². The quantitative estimate of drug-likeness (QED) is 0.884. The number of carbonyl (C=O) groups is 1. The number of morpholine rings is 1. The van der Waals surface area contributed by atoms with Crippen LogP contribution in [0.2, 0.25) is 0 Å². The standard InChI is InChI=1S/C17H18N2O2/c20-17(15-10-18-8-9-21-15)19-14-7-6-12-5-4-11-2-1-3-13(14)16(11)12/h1-3,6-7,15,18H,4-5,8-10H2,(H,19,20). The first-order chi connectivity index (χ1) is 10.3. The fraction of sp³-hybridized carbons (Fsp3) is 0.353. The van der Waals surface area contributed by atoms with Crippen molar-refractivity contribution in [1.29, 1.82) is 0 Å². The highest BCUT2D eigenvalue weighted by Crippen LogP contribution is 2.35. The zero-order valence-electron chi connectivity index (χ0n) is 11.8. The number of ether oxygens (including phenoxy) is 1. The van der Waals surface area contributed by atoms with Gasteiger partial charge in [0.1, 0.15) is 6.10 Å². The Balaban J connectivity index is 1.67. The van der Waals surface area contributed by atoms with Crippen molar-refractivity contribution < 1.29 is 9.53 Å². The Morgan fingerprint density at radius 1 is 1.19 bits per heavy atom. The Morgan fingerprint density at radius 2 is 2.05 bits per heavy atom. The fourth-order valence-electron chi connectivity index (χ4n) is 3.30. The molecule has 2 aromatic rings. The van der Waals surface area contributed by atoms with Gasteiger partial charge in [-0.1, -0.05) is 24.3 Å². The number of benzene rings is 2. The van der Waals surface area contributed by atoms with Gasteiger partial charge in [-0.3, -0.25) is 4.79 Å². The lowest BCUT2D eigenvalue weighted by Crippen LogP contribution is -2.45. The maximum atomic E-state index is 12.3. The van der Waals surface area contributed by atoms with Gasteiger partial charge >= 0.3 is 0 Å². The average molecular weight is 282 g/mol. The summed E-state index contributed by atoms with van der Waals surface area (Å²) in [7, 11) is 0. The van der Waals surface area contributed by atoms with Crippen molar-refractivity contribution in [2.24, 2.45) is 0 Å². The number of hydrogen-bond acceptors (Lipinski definition) is 3. The average Bonchev–Trinajstić information content (AvgIpc) is 2.96. The topological polar surface area (TPSA) is 50.4 Å². The van der Waals surface area contributed by atoms with E-state index in [2.05, 4.69) is 34.9 Å². The predicted octanol–water partition coefficient (Wildman–Crippen LogP) is 1.87. The molecule has 4 nitrogen and oxygen atoms in total. The van der Waals surface area contributed by atoms with Crippen molar-refractivity contribution in [3.8, 4) is 0 Å². The summed E-state index contributed by atoms with van der Waals surface area (Å²) in [6, 6.07) is 10.5. The van der Waals surface area contributed by atoms with Crippen LogP contribution in [0.25, 0.3) is 10.8 Å². The molecule has 1 aliphatic heterocycles. The van der Waals surface area contributed by atoms with Crippen LogP contribution < -0.4 is 10.6 Å². The molecule has 4 rings (SSSR count). The van der Waals surface area contributed by atoms with E-state index in [-0.39, 0.29) is 5.91 Å². The Kier molecular flexibility index (Phi) is 3.13. The van der Waals surface area contributed by atoms with Gasteiger partial charge in [0.05, 0.1) is 6.61 Å². The summed E-state index contributed by atoms with van der Waals surface area (Å²) in [4.78, 5) is 12.3. The fourth-order valence-corrected chi connectivity index (χ4v) is 3.30. The summed E-state index contributed by atoms with van der Waals surface area (Å²) in [5, 5.41) is 8.67. The van der Waals surface area contributed by atoms with Gasteiger partial charge in [0, 0.05) is 24.2 Å². The van der Waals surface area contributed by atoms with Crippen LogP contribution in [-0.4, -0.2) is 31.7 Å². The molecule has 2 aliphatic rings. The predicted molar refractivity (Wildman–Crippen MR) is 82.6 cm³/mol. The molecule has 0 saturated carbocycles. The Bertz CT molecular complexity index is 695. The van der Waals surface area contributed by atoms with E-state index in [0.717, 1.165) is 30.5 Å². The normalized spacial score (nSPS) is 20.7. The molecule has 1 heterocycles. The highest BCUT2D eigenvalue weighted by molar-refractivity contribution is 6.06. The van der Waals surface area contributed by atoms with Gasteiger partial charge in [0.15, 0.2) is 0 Å². The third-order valence-corrected chi connectivity index (χ3v) is 4.35. The van der Waals surface area contributed by atoms with Gasteiger partial charge in [-0.05, 0) is 35.4 Å². The molecule has 1 amide bonds. The SMILES string of the molecule is O=C(Nc1ccc2c3c(cccc13)CC2)C1CNCCO1. The molecule has 4 heteroatoms. The number of rotatable bonds is 2. The van der Waals surface area contributed by atoms with Crippen LogP contribution in [0.3, 0.4) is 0 Å². The zero-order chi connectivity index (χ0) is 14.2. The van der Waals surface area contributed by atoms with Gasteiger partial charge < -0.3 is 15.4 Å². The first kappa shape index (κ1) is 12.8. The number of hydrogen-bond donors (Lipinski definition) is 2. The van der Waals surface area contributed by atoms with Crippen molar-refractivity contribution in [2.75, 3.05) is 25.0 Å². The summed E-state index contributed by atoms with van der Waals surface area (Å²) in [6.45, 7) is 1.97. The van der Waals surface area contributed by atoms with Crippen molar-refractivity contribution in [1.82, 2.24) is 5.32 Å². The van der Waals surface area contributed by atoms with Gasteiger partial charge in [0.25, 0.3) is 5.91 Å². The monoisotopic (exact) mass is 282 g/mol. The molecule has 108 valence electrons. The van der Waals surface area contributed by atoms with Crippen LogP contribution >= 0.6 is 0 Å². The zero-order valence-corrected chi connectivity index (χ0v) is 11.8. The molecule has 1 aliphatic carbocycles. The van der Waals surface area contributed by atoms with Gasteiger partial charge in [-0.15, -0.1) is 0 Å². The summed E-state index contributed by atoms with van der Waals surface area (Å²) >= 11 is 0. The summed E-state index contributed by atoms with van der Waals surface area (Å²) in [6.07, 6.45) is 1.79. The molecule has 1 saturated heterocycles. The number of nitrogens with one attached hydrogen (secondary N) is 2. The van der Waals surface area contributed by atoms with Crippen LogP contribution in [0, 0.1) is 0 Å². The van der Waals surface area contributed by atoms with Gasteiger partial charge in [0.2, 0.25) is 0 Å². The molecule has 21 heavy (non-hydrogen) atoms. The summed E-state index contributed by atoms with van der Waals surface area (Å²) in [5.41, 5.74) is 3.65. The third kappa shape index (κ3) is 2.20. The second-order valence-corrected chi connectivity index (χ2v) is 5.66. The lowest BCUT2D eigenvalue weighted by molar-refractivity contribution is -0.128. The molecular formula is C17H18N2O2. The van der Waals surface area contributed by atoms with Gasteiger partial charge in [-0.2, -0.15) is 0 Å². The van der Waals surface area contributed by atoms with E-state index in [4.69, 9.17) is 4.74 Å². The molecule has 0 aromatic heterocycles. The number of aryl methyl sites for hydroxylation is 2. The third-order valence-electron chi connectivity index (χ3n) is 4.35. The van der Waals surface area contributed by atoms with Crippen molar-refractivity contribution in [3.63, 3.8) is 0 Å². The van der Waals surface area contributed by atoms with Crippen molar-refractivity contribution >= 4 is 22.4 Å². The molecule has 2 aromatic carbocycles. The maximum Gasteiger partial charge on any atom is 0.254 e. The van der Waals surface area contributed by atoms with E-state index in [1.54, 1.807) is 0 Å². The number of amides is 1. The second-order valence-electron chi connectivity index (χ2n) is 5.66. The Morgan fingerprint density at radius 3 is 2.86 bits per heavy atom. The smallest absolute Gasteiger partial charge is 0.254 e. The highest BCUT2D eigenvalue weighted by atomic mass is 16.5. The van der Waals surface area contributed by atoms with Crippen molar-refractivity contribution in [3.05, 3.63) is 41.5 Å². The first-order valence-electron chi connectivity index (χ1n) is 7.49. The first-order valence-corrected chi connectivity index (χ1v) is 7.49. The molecular weight excluding hydrogens is 264 g/mol. The number of anilines is 1. The lowest BCUT2D eigenvalue weighted by atomic mass is 10.0. The molecule has 0 bridgehead atoms. The molecule has 0 spiro atoms. The molecule has 1 unspecified atom stereocenters. The van der Waals surface area contributed by atoms with E-state index in [1.165, 1.54) is 16.5 Å². The minimum Gasteiger partial charge on any atom is -0.366 e. The van der Waals surface area contributed by atoms with Gasteiger partial charge in [-0.25, -0.2) is 0 Å². The molecule has 2 N–H and O–H groups in total. The highest BCUT2D eigenvalue weighted by Gasteiger charge is 2.23. The Hall–Kier alpha value is -1.91. The van der Waals surface area contributed by atoms with E-state index >= 15 is 0 Å². The molecule has 1 atom stereocenters. The largest absolute Gasteiger partial charge is 0.366 e. The van der Waals surface area contributed by atoms with Crippen LogP contribution in [0.15, 0.2) is 30.3 Å². The van der Waals surface area contributed by atoms with E-state index < -0.39 is 6.10 Å². The maximum absolute atomic E-state index is 12.3. The van der Waals surface area contributed by atoms with E-state index in [0.29, 0.717) is 13.2 Å². The van der Waals surface area contributed by atoms with Crippen LogP contribution in [-0.2, 0) is 22.4 Å². The van der Waals surface area contributed by atoms with Crippen LogP contribution in [0.4, 0.5) is 5.69 Å². The van der Waals surface area contributed by atoms with Crippen molar-refractivity contribution in [2.45, 2.75) is 18.9 Å². The summed E-state index contributed by atoms with van der Waals surface area (Å²) in [5.74, 6) is -0.0686. The van der Waals surface area contributed by atoms with E-state index in [1.807, 2.05) is 6.07 Å². The Labute approximate surface area is 123 Å². The molecule has 1 fully saturated rings. The minimum atomic E-state index is -0.401. The van der Waals surface area contributed by atoms with E-state index in [9.17, 15) is 4.79 Å². The molecule has 0 radical (unpaired) electrons. The minimum absolute atomic E-state index is 0.0686. The second kappa shape index (κ2) is 5.13. The summed E-state index contributed by atoms with van der Waals surface area (Å²) < 4.78 is 5.51. The number of carbonyl (C=O) groups excluding carboxylic acids is 1. The van der Waals surface area contributed by atoms with Crippen LogP contribution in [0.1, 0.15) is 11.1 Å².